The molecule has 0 radical (unpaired) electrons. The van der Waals surface area contributed by atoms with Crippen LogP contribution in [0.3, 0.4) is 0 Å². The van der Waals surface area contributed by atoms with Crippen LogP contribution < -0.4 is 0 Å². The first-order valence-electron chi connectivity index (χ1n) is 9.77. The fourth-order valence-corrected chi connectivity index (χ4v) is 6.22. The second kappa shape index (κ2) is 8.33. The second-order valence-corrected chi connectivity index (χ2v) is 10.0. The molecule has 0 aliphatic carbocycles. The number of benzene rings is 1. The highest BCUT2D eigenvalue weighted by molar-refractivity contribution is 7.89. The lowest BCUT2D eigenvalue weighted by atomic mass is 10.2. The van der Waals surface area contributed by atoms with Crippen LogP contribution in [-0.2, 0) is 16.6 Å². The minimum Gasteiger partial charge on any atom is -0.336 e. The van der Waals surface area contributed by atoms with Gasteiger partial charge in [0.05, 0.1) is 23.5 Å². The average Bonchev–Trinajstić information content (AvgIpc) is 3.37. The van der Waals surface area contributed by atoms with E-state index in [0.29, 0.717) is 36.6 Å². The van der Waals surface area contributed by atoms with Crippen LogP contribution in [0.2, 0.25) is 0 Å². The summed E-state index contributed by atoms with van der Waals surface area (Å²) >= 11 is 1.48. The Morgan fingerprint density at radius 3 is 2.40 bits per heavy atom. The molecule has 1 aromatic carbocycles. The average molecular weight is 445 g/mol. The third-order valence-electron chi connectivity index (χ3n) is 5.38. The number of hydrogen-bond acceptors (Lipinski definition) is 5. The third kappa shape index (κ3) is 3.92. The fraction of sp³-hybridized carbons (Fsp3) is 0.333. The van der Waals surface area contributed by atoms with Gasteiger partial charge in [0.25, 0.3) is 5.91 Å². The van der Waals surface area contributed by atoms with Crippen LogP contribution >= 0.6 is 11.3 Å². The summed E-state index contributed by atoms with van der Waals surface area (Å²) in [6, 6.07) is 11.6. The summed E-state index contributed by atoms with van der Waals surface area (Å²) < 4.78 is 30.0. The van der Waals surface area contributed by atoms with Gasteiger partial charge in [0.1, 0.15) is 4.90 Å². The molecule has 0 unspecified atom stereocenters. The summed E-state index contributed by atoms with van der Waals surface area (Å²) in [6.45, 7) is 5.37. The van der Waals surface area contributed by atoms with E-state index in [9.17, 15) is 13.2 Å². The van der Waals surface area contributed by atoms with Gasteiger partial charge in [-0.15, -0.1) is 0 Å². The molecule has 3 heterocycles. The molecule has 9 heteroatoms. The molecule has 0 N–H and O–H groups in total. The standard InChI is InChI=1S/C21H24N4O3S2/c1-16-20(17(2)25(22-16)14-18-6-4-3-5-7-18)30(27,28)24-11-9-23(10-12-24)21(26)19-8-13-29-15-19/h3-8,13,15H,9-12,14H2,1-2H3. The van der Waals surface area contributed by atoms with Gasteiger partial charge in [-0.3, -0.25) is 9.48 Å². The number of sulfonamides is 1. The Bertz CT molecular complexity index is 1130. The lowest BCUT2D eigenvalue weighted by Gasteiger charge is -2.34. The maximum Gasteiger partial charge on any atom is 0.254 e. The van der Waals surface area contributed by atoms with Gasteiger partial charge in [0.15, 0.2) is 0 Å². The molecular formula is C21H24N4O3S2. The van der Waals surface area contributed by atoms with E-state index in [1.54, 1.807) is 29.5 Å². The van der Waals surface area contributed by atoms with Gasteiger partial charge in [0.2, 0.25) is 10.0 Å². The van der Waals surface area contributed by atoms with Crippen molar-refractivity contribution in [3.8, 4) is 0 Å². The lowest BCUT2D eigenvalue weighted by Crippen LogP contribution is -2.50. The van der Waals surface area contributed by atoms with Crippen molar-refractivity contribution in [2.75, 3.05) is 26.2 Å². The minimum atomic E-state index is -3.68. The van der Waals surface area contributed by atoms with E-state index in [2.05, 4.69) is 5.10 Å². The zero-order chi connectivity index (χ0) is 21.3. The van der Waals surface area contributed by atoms with Crippen LogP contribution in [0.4, 0.5) is 0 Å². The van der Waals surface area contributed by atoms with Crippen LogP contribution in [0.15, 0.2) is 52.1 Å². The number of hydrogen-bond donors (Lipinski definition) is 0. The molecule has 1 aliphatic rings. The number of nitrogens with zero attached hydrogens (tertiary/aromatic N) is 4. The summed E-state index contributed by atoms with van der Waals surface area (Å²) in [7, 11) is -3.68. The molecule has 4 rings (SSSR count). The van der Waals surface area contributed by atoms with E-state index >= 15 is 0 Å². The maximum absolute atomic E-state index is 13.4. The first-order valence-corrected chi connectivity index (χ1v) is 12.2. The minimum absolute atomic E-state index is 0.0451. The number of aryl methyl sites for hydroxylation is 1. The predicted molar refractivity (Wildman–Crippen MR) is 116 cm³/mol. The molecule has 2 aromatic heterocycles. The van der Waals surface area contributed by atoms with E-state index < -0.39 is 10.0 Å². The number of thiophene rings is 1. The fourth-order valence-electron chi connectivity index (χ4n) is 3.79. The van der Waals surface area contributed by atoms with Crippen molar-refractivity contribution in [2.24, 2.45) is 0 Å². The number of amides is 1. The number of piperazine rings is 1. The molecule has 1 saturated heterocycles. The summed E-state index contributed by atoms with van der Waals surface area (Å²) in [6.07, 6.45) is 0. The van der Waals surface area contributed by atoms with Gasteiger partial charge in [-0.25, -0.2) is 8.42 Å². The molecule has 1 amide bonds. The maximum atomic E-state index is 13.4. The van der Waals surface area contributed by atoms with E-state index in [4.69, 9.17) is 0 Å². The van der Waals surface area contributed by atoms with Crippen LogP contribution in [0.25, 0.3) is 0 Å². The van der Waals surface area contributed by atoms with Crippen molar-refractivity contribution in [1.29, 1.82) is 0 Å². The molecule has 0 saturated carbocycles. The molecule has 0 spiro atoms. The van der Waals surface area contributed by atoms with Crippen molar-refractivity contribution in [3.63, 3.8) is 0 Å². The molecule has 1 fully saturated rings. The molecule has 1 aliphatic heterocycles. The Morgan fingerprint density at radius 1 is 1.07 bits per heavy atom. The zero-order valence-corrected chi connectivity index (χ0v) is 18.6. The summed E-state index contributed by atoms with van der Waals surface area (Å²) in [5, 5.41) is 8.18. The topological polar surface area (TPSA) is 75.5 Å². The highest BCUT2D eigenvalue weighted by atomic mass is 32.2. The van der Waals surface area contributed by atoms with E-state index in [1.165, 1.54) is 15.6 Å². The van der Waals surface area contributed by atoms with Gasteiger partial charge in [0, 0.05) is 31.6 Å². The molecular weight excluding hydrogens is 420 g/mol. The number of carbonyl (C=O) groups excluding carboxylic acids is 1. The molecule has 30 heavy (non-hydrogen) atoms. The van der Waals surface area contributed by atoms with Crippen molar-refractivity contribution in [2.45, 2.75) is 25.3 Å². The van der Waals surface area contributed by atoms with Crippen LogP contribution in [0.5, 0.6) is 0 Å². The van der Waals surface area contributed by atoms with Gasteiger partial charge in [-0.1, -0.05) is 30.3 Å². The third-order valence-corrected chi connectivity index (χ3v) is 8.22. The number of carbonyl (C=O) groups is 1. The normalized spacial score (nSPS) is 15.5. The predicted octanol–water partition coefficient (Wildman–Crippen LogP) is 2.76. The van der Waals surface area contributed by atoms with Crippen LogP contribution in [-0.4, -0.2) is 59.5 Å². The zero-order valence-electron chi connectivity index (χ0n) is 17.0. The van der Waals surface area contributed by atoms with E-state index in [0.717, 1.165) is 5.56 Å². The smallest absolute Gasteiger partial charge is 0.254 e. The number of rotatable bonds is 5. The summed E-state index contributed by atoms with van der Waals surface area (Å²) in [5.74, 6) is -0.0451. The Kier molecular flexibility index (Phi) is 5.77. The van der Waals surface area contributed by atoms with Crippen LogP contribution in [0, 0.1) is 13.8 Å². The van der Waals surface area contributed by atoms with Gasteiger partial charge >= 0.3 is 0 Å². The number of aromatic nitrogens is 2. The Labute approximate surface area is 180 Å². The summed E-state index contributed by atoms with van der Waals surface area (Å²) in [4.78, 5) is 14.5. The Hall–Kier alpha value is -2.49. The molecule has 158 valence electrons. The molecule has 7 nitrogen and oxygen atoms in total. The van der Waals surface area contributed by atoms with Crippen molar-refractivity contribution < 1.29 is 13.2 Å². The highest BCUT2D eigenvalue weighted by Gasteiger charge is 2.34. The first kappa shape index (κ1) is 20.8. The Balaban J connectivity index is 1.51. The first-order chi connectivity index (χ1) is 14.4. The van der Waals surface area contributed by atoms with E-state index in [-0.39, 0.29) is 23.9 Å². The summed E-state index contributed by atoms with van der Waals surface area (Å²) in [5.41, 5.74) is 2.85. The monoisotopic (exact) mass is 444 g/mol. The van der Waals surface area contributed by atoms with Gasteiger partial charge in [-0.2, -0.15) is 20.7 Å². The molecule has 3 aromatic rings. The molecule has 0 bridgehead atoms. The highest BCUT2D eigenvalue weighted by Crippen LogP contribution is 2.25. The SMILES string of the molecule is Cc1nn(Cc2ccccc2)c(C)c1S(=O)(=O)N1CCN(C(=O)c2ccsc2)CC1. The quantitative estimate of drug-likeness (QED) is 0.606. The Morgan fingerprint density at radius 2 is 1.77 bits per heavy atom. The van der Waals surface area contributed by atoms with Gasteiger partial charge in [-0.05, 0) is 30.9 Å². The lowest BCUT2D eigenvalue weighted by molar-refractivity contribution is 0.0698. The van der Waals surface area contributed by atoms with Gasteiger partial charge < -0.3 is 4.90 Å². The van der Waals surface area contributed by atoms with Crippen molar-refractivity contribution in [1.82, 2.24) is 19.0 Å². The van der Waals surface area contributed by atoms with E-state index in [1.807, 2.05) is 41.1 Å². The second-order valence-electron chi connectivity index (χ2n) is 7.35. The van der Waals surface area contributed by atoms with Crippen molar-refractivity contribution >= 4 is 27.3 Å². The molecule has 0 atom stereocenters. The van der Waals surface area contributed by atoms with Crippen LogP contribution in [0.1, 0.15) is 27.3 Å². The largest absolute Gasteiger partial charge is 0.336 e. The van der Waals surface area contributed by atoms with Crippen molar-refractivity contribution in [3.05, 3.63) is 69.7 Å².